The first-order chi connectivity index (χ1) is 10.6. The van der Waals surface area contributed by atoms with Gasteiger partial charge in [0, 0.05) is 11.3 Å². The molecule has 2 aromatic carbocycles. The van der Waals surface area contributed by atoms with Gasteiger partial charge in [0.2, 0.25) is 5.91 Å². The molecular formula is C19H20N2O. The van der Waals surface area contributed by atoms with Gasteiger partial charge in [0.05, 0.1) is 6.04 Å². The zero-order valence-electron chi connectivity index (χ0n) is 12.8. The van der Waals surface area contributed by atoms with Crippen LogP contribution in [0.2, 0.25) is 0 Å². The molecular weight excluding hydrogens is 272 g/mol. The average molecular weight is 292 g/mol. The second kappa shape index (κ2) is 7.33. The number of amides is 1. The summed E-state index contributed by atoms with van der Waals surface area (Å²) in [5.41, 5.74) is 2.71. The van der Waals surface area contributed by atoms with E-state index in [0.29, 0.717) is 0 Å². The number of carbonyl (C=O) groups excluding carboxylic acids is 1. The van der Waals surface area contributed by atoms with E-state index in [9.17, 15) is 4.79 Å². The van der Waals surface area contributed by atoms with Crippen molar-refractivity contribution < 1.29 is 4.79 Å². The van der Waals surface area contributed by atoms with E-state index in [0.717, 1.165) is 16.8 Å². The molecule has 0 saturated carbocycles. The maximum Gasteiger partial charge on any atom is 0.242 e. The minimum atomic E-state index is -0.348. The van der Waals surface area contributed by atoms with Gasteiger partial charge < -0.3 is 10.6 Å². The van der Waals surface area contributed by atoms with Gasteiger partial charge in [-0.25, -0.2) is 0 Å². The molecule has 0 saturated heterocycles. The van der Waals surface area contributed by atoms with Crippen molar-refractivity contribution in [1.29, 1.82) is 0 Å². The normalized spacial score (nSPS) is 12.8. The fourth-order valence-corrected chi connectivity index (χ4v) is 2.18. The van der Waals surface area contributed by atoms with E-state index in [4.69, 9.17) is 6.42 Å². The summed E-state index contributed by atoms with van der Waals surface area (Å²) < 4.78 is 0. The molecule has 0 fully saturated rings. The van der Waals surface area contributed by atoms with Gasteiger partial charge in [-0.05, 0) is 37.6 Å². The van der Waals surface area contributed by atoms with Crippen LogP contribution >= 0.6 is 0 Å². The molecule has 3 nitrogen and oxygen atoms in total. The van der Waals surface area contributed by atoms with Crippen LogP contribution in [-0.2, 0) is 4.79 Å². The van der Waals surface area contributed by atoms with Crippen LogP contribution in [0.1, 0.15) is 31.0 Å². The van der Waals surface area contributed by atoms with Crippen LogP contribution in [0.3, 0.4) is 0 Å². The van der Waals surface area contributed by atoms with E-state index in [1.807, 2.05) is 68.4 Å². The third-order valence-electron chi connectivity index (χ3n) is 3.46. The Labute approximate surface area is 131 Å². The molecule has 0 aliphatic carbocycles. The number of hydrogen-bond acceptors (Lipinski definition) is 2. The van der Waals surface area contributed by atoms with Gasteiger partial charge in [-0.2, -0.15) is 0 Å². The van der Waals surface area contributed by atoms with Gasteiger partial charge in [0.15, 0.2) is 0 Å². The van der Waals surface area contributed by atoms with Crippen molar-refractivity contribution in [3.8, 4) is 12.3 Å². The van der Waals surface area contributed by atoms with Crippen LogP contribution in [0.15, 0.2) is 54.6 Å². The zero-order chi connectivity index (χ0) is 15.9. The van der Waals surface area contributed by atoms with Crippen LogP contribution in [-0.4, -0.2) is 11.9 Å². The number of hydrogen-bond donors (Lipinski definition) is 2. The molecule has 2 rings (SSSR count). The van der Waals surface area contributed by atoms with Crippen LogP contribution < -0.4 is 10.6 Å². The van der Waals surface area contributed by atoms with Crippen LogP contribution in [0.25, 0.3) is 0 Å². The number of terminal acetylenes is 1. The zero-order valence-corrected chi connectivity index (χ0v) is 12.8. The van der Waals surface area contributed by atoms with E-state index in [1.54, 1.807) is 0 Å². The minimum absolute atomic E-state index is 0.0324. The number of nitrogens with one attached hydrogen (secondary N) is 2. The second-order valence-electron chi connectivity index (χ2n) is 5.23. The Morgan fingerprint density at radius 2 is 1.82 bits per heavy atom. The first-order valence-corrected chi connectivity index (χ1v) is 7.28. The second-order valence-corrected chi connectivity index (χ2v) is 5.23. The monoisotopic (exact) mass is 292 g/mol. The molecule has 3 heteroatoms. The van der Waals surface area contributed by atoms with Crippen molar-refractivity contribution >= 4 is 11.6 Å². The Morgan fingerprint density at radius 1 is 1.09 bits per heavy atom. The standard InChI is InChI=1S/C19H20N2O/c1-4-16-9-8-12-18(13-16)20-15(3)19(22)21-14(2)17-10-6-5-7-11-17/h1,5-15,20H,2-3H3,(H,21,22)/t14-,15+/m1/s1. The van der Waals surface area contributed by atoms with Gasteiger partial charge in [-0.1, -0.05) is 42.3 Å². The Kier molecular flexibility index (Phi) is 5.21. The highest BCUT2D eigenvalue weighted by molar-refractivity contribution is 5.84. The summed E-state index contributed by atoms with van der Waals surface area (Å²) in [6.07, 6.45) is 5.38. The first-order valence-electron chi connectivity index (χ1n) is 7.28. The molecule has 0 aromatic heterocycles. The van der Waals surface area contributed by atoms with Gasteiger partial charge >= 0.3 is 0 Å². The summed E-state index contributed by atoms with van der Waals surface area (Å²) in [5, 5.41) is 6.17. The van der Waals surface area contributed by atoms with Gasteiger partial charge in [0.1, 0.15) is 6.04 Å². The fraction of sp³-hybridized carbons (Fsp3) is 0.211. The van der Waals surface area contributed by atoms with E-state index in [1.165, 1.54) is 0 Å². The highest BCUT2D eigenvalue weighted by atomic mass is 16.2. The molecule has 0 radical (unpaired) electrons. The molecule has 0 spiro atoms. The summed E-state index contributed by atoms with van der Waals surface area (Å²) in [6.45, 7) is 3.80. The fourth-order valence-electron chi connectivity index (χ4n) is 2.18. The molecule has 0 bridgehead atoms. The first kappa shape index (κ1) is 15.7. The Hall–Kier alpha value is -2.73. The highest BCUT2D eigenvalue weighted by Gasteiger charge is 2.15. The van der Waals surface area contributed by atoms with Crippen molar-refractivity contribution in [3.63, 3.8) is 0 Å². The molecule has 2 N–H and O–H groups in total. The number of anilines is 1. The average Bonchev–Trinajstić information content (AvgIpc) is 2.55. The third-order valence-corrected chi connectivity index (χ3v) is 3.46. The molecule has 2 atom stereocenters. The highest BCUT2D eigenvalue weighted by Crippen LogP contribution is 2.13. The SMILES string of the molecule is C#Cc1cccc(N[C@@H](C)C(=O)N[C@H](C)c2ccccc2)c1. The molecule has 1 amide bonds. The van der Waals surface area contributed by atoms with Crippen molar-refractivity contribution in [2.75, 3.05) is 5.32 Å². The van der Waals surface area contributed by atoms with E-state index in [2.05, 4.69) is 16.6 Å². The predicted molar refractivity (Wildman–Crippen MR) is 90.5 cm³/mol. The molecule has 0 aliphatic heterocycles. The molecule has 2 aromatic rings. The summed E-state index contributed by atoms with van der Waals surface area (Å²) in [6, 6.07) is 17.0. The molecule has 0 aliphatic rings. The number of rotatable bonds is 5. The van der Waals surface area contributed by atoms with E-state index >= 15 is 0 Å². The Morgan fingerprint density at radius 3 is 2.50 bits per heavy atom. The van der Waals surface area contributed by atoms with E-state index < -0.39 is 0 Å². The van der Waals surface area contributed by atoms with Crippen molar-refractivity contribution in [2.24, 2.45) is 0 Å². The summed E-state index contributed by atoms with van der Waals surface area (Å²) >= 11 is 0. The molecule has 0 heterocycles. The van der Waals surface area contributed by atoms with Crippen molar-refractivity contribution in [2.45, 2.75) is 25.9 Å². The van der Waals surface area contributed by atoms with E-state index in [-0.39, 0.29) is 18.0 Å². The topological polar surface area (TPSA) is 41.1 Å². The van der Waals surface area contributed by atoms with Crippen LogP contribution in [0, 0.1) is 12.3 Å². The maximum atomic E-state index is 12.3. The lowest BCUT2D eigenvalue weighted by molar-refractivity contribution is -0.122. The lowest BCUT2D eigenvalue weighted by atomic mass is 10.1. The number of benzene rings is 2. The largest absolute Gasteiger partial charge is 0.374 e. The maximum absolute atomic E-state index is 12.3. The van der Waals surface area contributed by atoms with Crippen LogP contribution in [0.5, 0.6) is 0 Å². The predicted octanol–water partition coefficient (Wildman–Crippen LogP) is 3.35. The summed E-state index contributed by atoms with van der Waals surface area (Å²) in [5.74, 6) is 2.53. The summed E-state index contributed by atoms with van der Waals surface area (Å²) in [4.78, 5) is 12.3. The van der Waals surface area contributed by atoms with Gasteiger partial charge in [0.25, 0.3) is 0 Å². The molecule has 22 heavy (non-hydrogen) atoms. The van der Waals surface area contributed by atoms with Crippen molar-refractivity contribution in [1.82, 2.24) is 5.32 Å². The van der Waals surface area contributed by atoms with Gasteiger partial charge in [-0.3, -0.25) is 4.79 Å². The van der Waals surface area contributed by atoms with Crippen LogP contribution in [0.4, 0.5) is 5.69 Å². The molecule has 0 unspecified atom stereocenters. The minimum Gasteiger partial charge on any atom is -0.374 e. The number of carbonyl (C=O) groups is 1. The lowest BCUT2D eigenvalue weighted by Gasteiger charge is -2.19. The van der Waals surface area contributed by atoms with Gasteiger partial charge in [-0.15, -0.1) is 6.42 Å². The Bertz CT molecular complexity index is 673. The third kappa shape index (κ3) is 4.13. The quantitative estimate of drug-likeness (QED) is 0.830. The summed E-state index contributed by atoms with van der Waals surface area (Å²) in [7, 11) is 0. The smallest absolute Gasteiger partial charge is 0.242 e. The molecule has 112 valence electrons. The Balaban J connectivity index is 1.96. The lowest BCUT2D eigenvalue weighted by Crippen LogP contribution is -2.38. The van der Waals surface area contributed by atoms with Crippen molar-refractivity contribution in [3.05, 3.63) is 65.7 Å².